The van der Waals surface area contributed by atoms with Crippen LogP contribution in [0.5, 0.6) is 0 Å². The van der Waals surface area contributed by atoms with Crippen molar-refractivity contribution in [1.82, 2.24) is 10.2 Å². The highest BCUT2D eigenvalue weighted by Gasteiger charge is 2.14. The average Bonchev–Trinajstić information content (AvgIpc) is 2.27. The number of nitrogens with one attached hydrogen (secondary N) is 1. The van der Waals surface area contributed by atoms with Crippen molar-refractivity contribution >= 4 is 0 Å². The number of likely N-dealkylation sites (N-methyl/N-ethyl adjacent to an activating group) is 1. The summed E-state index contributed by atoms with van der Waals surface area (Å²) in [6, 6.07) is 1.35. The van der Waals surface area contributed by atoms with E-state index < -0.39 is 0 Å². The quantitative estimate of drug-likeness (QED) is 0.577. The first kappa shape index (κ1) is 15.9. The lowest BCUT2D eigenvalue weighted by molar-refractivity contribution is 0.183. The Labute approximate surface area is 103 Å². The Bertz CT molecular complexity index is 148. The molecule has 0 saturated heterocycles. The van der Waals surface area contributed by atoms with E-state index in [9.17, 15) is 0 Å². The molecule has 0 aromatic rings. The summed E-state index contributed by atoms with van der Waals surface area (Å²) in [6.07, 6.45) is 6.56. The van der Waals surface area contributed by atoms with Gasteiger partial charge in [0, 0.05) is 18.6 Å². The lowest BCUT2D eigenvalue weighted by atomic mass is 10.1. The van der Waals surface area contributed by atoms with Crippen molar-refractivity contribution in [2.45, 2.75) is 71.9 Å². The molecule has 0 amide bonds. The zero-order valence-electron chi connectivity index (χ0n) is 12.1. The normalized spacial score (nSPS) is 15.4. The zero-order valence-corrected chi connectivity index (χ0v) is 12.1. The van der Waals surface area contributed by atoms with Gasteiger partial charge in [-0.25, -0.2) is 0 Å². The van der Waals surface area contributed by atoms with E-state index in [-0.39, 0.29) is 0 Å². The molecule has 0 radical (unpaired) electrons. The molecule has 2 unspecified atom stereocenters. The molecule has 16 heavy (non-hydrogen) atoms. The first-order valence-corrected chi connectivity index (χ1v) is 7.06. The van der Waals surface area contributed by atoms with E-state index in [4.69, 9.17) is 0 Å². The topological polar surface area (TPSA) is 15.3 Å². The summed E-state index contributed by atoms with van der Waals surface area (Å²) in [5, 5.41) is 3.56. The minimum absolute atomic E-state index is 0.642. The van der Waals surface area contributed by atoms with Crippen LogP contribution in [0.1, 0.15) is 59.8 Å². The second-order valence-electron chi connectivity index (χ2n) is 5.06. The minimum Gasteiger partial charge on any atom is -0.315 e. The van der Waals surface area contributed by atoms with Gasteiger partial charge in [-0.1, -0.05) is 33.1 Å². The fourth-order valence-corrected chi connectivity index (χ4v) is 2.01. The second kappa shape index (κ2) is 10.1. The van der Waals surface area contributed by atoms with Crippen molar-refractivity contribution in [3.63, 3.8) is 0 Å². The third-order valence-electron chi connectivity index (χ3n) is 3.49. The molecular formula is C14H32N2. The zero-order chi connectivity index (χ0) is 12.4. The number of rotatable bonds is 10. The molecule has 0 rings (SSSR count). The van der Waals surface area contributed by atoms with Crippen molar-refractivity contribution in [3.05, 3.63) is 0 Å². The van der Waals surface area contributed by atoms with Gasteiger partial charge in [0.05, 0.1) is 0 Å². The summed E-state index contributed by atoms with van der Waals surface area (Å²) in [7, 11) is 2.25. The van der Waals surface area contributed by atoms with Gasteiger partial charge >= 0.3 is 0 Å². The SMILES string of the molecule is CCCCCNCC(C)N(C)C(C)CCC. The highest BCUT2D eigenvalue weighted by molar-refractivity contribution is 4.71. The van der Waals surface area contributed by atoms with E-state index >= 15 is 0 Å². The predicted molar refractivity (Wildman–Crippen MR) is 74.0 cm³/mol. The smallest absolute Gasteiger partial charge is 0.0192 e. The summed E-state index contributed by atoms with van der Waals surface area (Å²) in [6.45, 7) is 11.5. The van der Waals surface area contributed by atoms with Crippen LogP contribution in [0.25, 0.3) is 0 Å². The molecule has 0 saturated carbocycles. The van der Waals surface area contributed by atoms with Crippen LogP contribution in [0.4, 0.5) is 0 Å². The van der Waals surface area contributed by atoms with Crippen molar-refractivity contribution in [2.75, 3.05) is 20.1 Å². The van der Waals surface area contributed by atoms with Gasteiger partial charge in [0.25, 0.3) is 0 Å². The van der Waals surface area contributed by atoms with Crippen LogP contribution in [-0.4, -0.2) is 37.1 Å². The number of hydrogen-bond acceptors (Lipinski definition) is 2. The summed E-state index contributed by atoms with van der Waals surface area (Å²) in [4.78, 5) is 2.50. The highest BCUT2D eigenvalue weighted by Crippen LogP contribution is 2.07. The molecule has 2 atom stereocenters. The number of hydrogen-bond donors (Lipinski definition) is 1. The Morgan fingerprint density at radius 1 is 1.00 bits per heavy atom. The Morgan fingerprint density at radius 2 is 1.69 bits per heavy atom. The summed E-state index contributed by atoms with van der Waals surface area (Å²) in [5.74, 6) is 0. The van der Waals surface area contributed by atoms with Crippen LogP contribution >= 0.6 is 0 Å². The standard InChI is InChI=1S/C14H32N2/c1-6-8-9-11-15-12-14(4)16(5)13(3)10-7-2/h13-15H,6-12H2,1-5H3. The van der Waals surface area contributed by atoms with Crippen molar-refractivity contribution in [3.8, 4) is 0 Å². The highest BCUT2D eigenvalue weighted by atomic mass is 15.2. The molecule has 0 fully saturated rings. The minimum atomic E-state index is 0.642. The first-order chi connectivity index (χ1) is 7.63. The summed E-state index contributed by atoms with van der Waals surface area (Å²) >= 11 is 0. The van der Waals surface area contributed by atoms with Gasteiger partial charge in [-0.05, 0) is 40.3 Å². The Hall–Kier alpha value is -0.0800. The third-order valence-corrected chi connectivity index (χ3v) is 3.49. The maximum atomic E-state index is 3.56. The molecule has 98 valence electrons. The fourth-order valence-electron chi connectivity index (χ4n) is 2.01. The van der Waals surface area contributed by atoms with Crippen LogP contribution in [0.3, 0.4) is 0 Å². The van der Waals surface area contributed by atoms with Gasteiger partial charge in [-0.15, -0.1) is 0 Å². The van der Waals surface area contributed by atoms with Crippen LogP contribution in [0.15, 0.2) is 0 Å². The molecular weight excluding hydrogens is 196 g/mol. The molecule has 0 aromatic carbocycles. The van der Waals surface area contributed by atoms with Gasteiger partial charge in [0.2, 0.25) is 0 Å². The fraction of sp³-hybridized carbons (Fsp3) is 1.00. The van der Waals surface area contributed by atoms with Gasteiger partial charge in [-0.3, -0.25) is 4.90 Å². The second-order valence-corrected chi connectivity index (χ2v) is 5.06. The molecule has 0 bridgehead atoms. The third kappa shape index (κ3) is 7.24. The molecule has 0 spiro atoms. The molecule has 2 nitrogen and oxygen atoms in total. The average molecular weight is 228 g/mol. The van der Waals surface area contributed by atoms with Crippen molar-refractivity contribution in [1.29, 1.82) is 0 Å². The lowest BCUT2D eigenvalue weighted by Gasteiger charge is -2.31. The Kier molecular flexibility index (Phi) is 10.0. The number of unbranched alkanes of at least 4 members (excludes halogenated alkanes) is 2. The molecule has 0 aliphatic carbocycles. The van der Waals surface area contributed by atoms with E-state index in [0.717, 1.165) is 6.54 Å². The monoisotopic (exact) mass is 228 g/mol. The first-order valence-electron chi connectivity index (χ1n) is 7.06. The summed E-state index contributed by atoms with van der Waals surface area (Å²) < 4.78 is 0. The molecule has 0 aliphatic rings. The van der Waals surface area contributed by atoms with Crippen LogP contribution < -0.4 is 5.32 Å². The Balaban J connectivity index is 3.58. The van der Waals surface area contributed by atoms with Gasteiger partial charge < -0.3 is 5.32 Å². The van der Waals surface area contributed by atoms with Crippen LogP contribution in [0.2, 0.25) is 0 Å². The predicted octanol–water partition coefficient (Wildman–Crippen LogP) is 3.28. The van der Waals surface area contributed by atoms with E-state index in [1.54, 1.807) is 0 Å². The lowest BCUT2D eigenvalue weighted by Crippen LogP contribution is -2.42. The molecule has 2 heteroatoms. The summed E-state index contributed by atoms with van der Waals surface area (Å²) in [5.41, 5.74) is 0. The van der Waals surface area contributed by atoms with E-state index in [1.807, 2.05) is 0 Å². The maximum Gasteiger partial charge on any atom is 0.0192 e. The molecule has 1 N–H and O–H groups in total. The van der Waals surface area contributed by atoms with Gasteiger partial charge in [-0.2, -0.15) is 0 Å². The number of nitrogens with zero attached hydrogens (tertiary/aromatic N) is 1. The maximum absolute atomic E-state index is 3.56. The van der Waals surface area contributed by atoms with Gasteiger partial charge in [0.1, 0.15) is 0 Å². The molecule has 0 heterocycles. The van der Waals surface area contributed by atoms with E-state index in [2.05, 4.69) is 45.0 Å². The van der Waals surface area contributed by atoms with Crippen molar-refractivity contribution < 1.29 is 0 Å². The Morgan fingerprint density at radius 3 is 2.25 bits per heavy atom. The van der Waals surface area contributed by atoms with Crippen LogP contribution in [-0.2, 0) is 0 Å². The van der Waals surface area contributed by atoms with Gasteiger partial charge in [0.15, 0.2) is 0 Å². The van der Waals surface area contributed by atoms with E-state index in [0.29, 0.717) is 12.1 Å². The van der Waals surface area contributed by atoms with Crippen molar-refractivity contribution in [2.24, 2.45) is 0 Å². The molecule has 0 aromatic heterocycles. The van der Waals surface area contributed by atoms with E-state index in [1.165, 1.54) is 38.6 Å². The largest absolute Gasteiger partial charge is 0.315 e. The molecule has 0 aliphatic heterocycles. The van der Waals surface area contributed by atoms with Crippen LogP contribution in [0, 0.1) is 0 Å².